The summed E-state index contributed by atoms with van der Waals surface area (Å²) >= 11 is 1.18. The van der Waals surface area contributed by atoms with E-state index in [0.717, 1.165) is 22.4 Å². The Labute approximate surface area is 229 Å². The summed E-state index contributed by atoms with van der Waals surface area (Å²) in [5.74, 6) is -0.115. The van der Waals surface area contributed by atoms with Crippen molar-refractivity contribution < 1.29 is 23.5 Å². The number of hydrazone groups is 1. The van der Waals surface area contributed by atoms with Crippen LogP contribution in [0.4, 0.5) is 10.1 Å². The predicted molar refractivity (Wildman–Crippen MR) is 150 cm³/mol. The molecule has 0 aromatic heterocycles. The molecule has 200 valence electrons. The molecule has 39 heavy (non-hydrogen) atoms. The van der Waals surface area contributed by atoms with Gasteiger partial charge in [0.15, 0.2) is 5.17 Å². The first kappa shape index (κ1) is 26.4. The summed E-state index contributed by atoms with van der Waals surface area (Å²) in [5.41, 5.74) is 3.75. The van der Waals surface area contributed by atoms with Crippen LogP contribution in [-0.2, 0) is 9.59 Å². The van der Waals surface area contributed by atoms with Gasteiger partial charge in [0.25, 0.3) is 5.91 Å². The molecular formula is C29H27FN4O4S. The molecule has 8 nitrogen and oxygen atoms in total. The predicted octanol–water partition coefficient (Wildman–Crippen LogP) is 5.33. The van der Waals surface area contributed by atoms with Gasteiger partial charge in [-0.25, -0.2) is 9.40 Å². The molecule has 3 aromatic carbocycles. The van der Waals surface area contributed by atoms with Crippen molar-refractivity contribution >= 4 is 40.1 Å². The number of halogens is 1. The first-order valence-electron chi connectivity index (χ1n) is 12.4. The molecule has 2 atom stereocenters. The zero-order chi connectivity index (χ0) is 27.5. The van der Waals surface area contributed by atoms with Crippen LogP contribution in [0.1, 0.15) is 35.6 Å². The largest absolute Gasteiger partial charge is 0.497 e. The quantitative estimate of drug-likeness (QED) is 0.431. The van der Waals surface area contributed by atoms with Crippen LogP contribution in [0.2, 0.25) is 0 Å². The molecular weight excluding hydrogens is 519 g/mol. The normalized spacial score (nSPS) is 18.6. The fourth-order valence-corrected chi connectivity index (χ4v) is 5.54. The molecule has 2 aliphatic rings. The summed E-state index contributed by atoms with van der Waals surface area (Å²) < 4.78 is 25.0. The number of para-hydroxylation sites is 1. The summed E-state index contributed by atoms with van der Waals surface area (Å²) in [6, 6.07) is 19.3. The van der Waals surface area contributed by atoms with E-state index in [1.807, 2.05) is 49.4 Å². The Bertz CT molecular complexity index is 1470. The van der Waals surface area contributed by atoms with Crippen molar-refractivity contribution in [3.8, 4) is 11.5 Å². The lowest BCUT2D eigenvalue weighted by Gasteiger charge is -2.23. The lowest BCUT2D eigenvalue weighted by molar-refractivity contribution is -0.121. The molecule has 0 aliphatic carbocycles. The Morgan fingerprint density at radius 2 is 1.87 bits per heavy atom. The van der Waals surface area contributed by atoms with E-state index in [4.69, 9.17) is 14.6 Å². The number of anilines is 1. The number of hydrogen-bond donors (Lipinski definition) is 1. The highest BCUT2D eigenvalue weighted by Gasteiger charge is 2.39. The van der Waals surface area contributed by atoms with Crippen LogP contribution in [0, 0.1) is 12.7 Å². The number of hydrogen-bond acceptors (Lipinski definition) is 7. The second kappa shape index (κ2) is 11.3. The maximum atomic E-state index is 14.0. The highest BCUT2D eigenvalue weighted by molar-refractivity contribution is 8.15. The molecule has 0 unspecified atom stereocenters. The summed E-state index contributed by atoms with van der Waals surface area (Å²) in [6.45, 7) is 2.02. The van der Waals surface area contributed by atoms with Gasteiger partial charge < -0.3 is 14.8 Å². The summed E-state index contributed by atoms with van der Waals surface area (Å²) in [4.78, 5) is 29.7. The van der Waals surface area contributed by atoms with Crippen LogP contribution in [0.3, 0.4) is 0 Å². The molecule has 0 saturated carbocycles. The van der Waals surface area contributed by atoms with Crippen LogP contribution in [0.15, 0.2) is 76.8 Å². The Hall–Kier alpha value is -4.18. The first-order chi connectivity index (χ1) is 18.9. The number of carbonyl (C=O) groups is 2. The maximum Gasteiger partial charge on any atom is 0.262 e. The number of benzene rings is 3. The van der Waals surface area contributed by atoms with E-state index in [1.54, 1.807) is 25.3 Å². The number of methoxy groups -OCH3 is 2. The van der Waals surface area contributed by atoms with Crippen LogP contribution in [-0.4, -0.2) is 47.2 Å². The zero-order valence-electron chi connectivity index (χ0n) is 21.7. The van der Waals surface area contributed by atoms with Gasteiger partial charge in [0.2, 0.25) is 5.91 Å². The van der Waals surface area contributed by atoms with E-state index in [2.05, 4.69) is 10.3 Å². The Kier molecular flexibility index (Phi) is 7.65. The van der Waals surface area contributed by atoms with Gasteiger partial charge in [0.05, 0.1) is 31.7 Å². The van der Waals surface area contributed by atoms with Gasteiger partial charge in [0, 0.05) is 18.4 Å². The van der Waals surface area contributed by atoms with Gasteiger partial charge in [-0.1, -0.05) is 53.7 Å². The van der Waals surface area contributed by atoms with Crippen molar-refractivity contribution in [1.82, 2.24) is 5.01 Å². The average molecular weight is 547 g/mol. The number of nitrogens with one attached hydrogen (secondary N) is 1. The van der Waals surface area contributed by atoms with Crippen LogP contribution in [0.25, 0.3) is 0 Å². The lowest BCUT2D eigenvalue weighted by atomic mass is 9.97. The average Bonchev–Trinajstić information content (AvgIpc) is 3.54. The van der Waals surface area contributed by atoms with E-state index in [0.29, 0.717) is 23.1 Å². The molecule has 5 rings (SSSR count). The van der Waals surface area contributed by atoms with Crippen molar-refractivity contribution in [1.29, 1.82) is 0 Å². The second-order valence-electron chi connectivity index (χ2n) is 9.16. The maximum absolute atomic E-state index is 14.0. The van der Waals surface area contributed by atoms with Crippen molar-refractivity contribution in [2.75, 3.05) is 19.5 Å². The van der Waals surface area contributed by atoms with Crippen molar-refractivity contribution in [3.05, 3.63) is 89.2 Å². The molecule has 0 spiro atoms. The smallest absolute Gasteiger partial charge is 0.262 e. The SMILES string of the molecule is COc1ccc(OC)c(C2=NN(C3=NC(=O)[C@@H](CC(=O)Nc4ccccc4F)S3)[C@H](c3ccc(C)cc3)C2)c1. The first-order valence-corrected chi connectivity index (χ1v) is 13.2. The monoisotopic (exact) mass is 546 g/mol. The molecule has 0 bridgehead atoms. The molecule has 1 N–H and O–H groups in total. The van der Waals surface area contributed by atoms with E-state index in [1.165, 1.54) is 30.0 Å². The number of amidine groups is 1. The van der Waals surface area contributed by atoms with E-state index >= 15 is 0 Å². The zero-order valence-corrected chi connectivity index (χ0v) is 22.5. The number of rotatable bonds is 7. The van der Waals surface area contributed by atoms with E-state index < -0.39 is 22.9 Å². The topological polar surface area (TPSA) is 92.6 Å². The number of ether oxygens (including phenoxy) is 2. The number of amides is 2. The molecule has 0 fully saturated rings. The van der Waals surface area contributed by atoms with Gasteiger partial charge in [0.1, 0.15) is 22.6 Å². The molecule has 0 radical (unpaired) electrons. The van der Waals surface area contributed by atoms with Crippen molar-refractivity contribution in [2.45, 2.75) is 31.1 Å². The van der Waals surface area contributed by atoms with Gasteiger partial charge >= 0.3 is 0 Å². The minimum atomic E-state index is -0.740. The van der Waals surface area contributed by atoms with Gasteiger partial charge in [-0.3, -0.25) is 9.59 Å². The Balaban J connectivity index is 1.41. The Morgan fingerprint density at radius 1 is 1.10 bits per heavy atom. The molecule has 2 heterocycles. The second-order valence-corrected chi connectivity index (χ2v) is 10.3. The highest BCUT2D eigenvalue weighted by Crippen LogP contribution is 2.40. The van der Waals surface area contributed by atoms with Gasteiger partial charge in [-0.05, 0) is 42.8 Å². The third-order valence-electron chi connectivity index (χ3n) is 6.53. The molecule has 3 aromatic rings. The highest BCUT2D eigenvalue weighted by atomic mass is 32.2. The van der Waals surface area contributed by atoms with E-state index in [-0.39, 0.29) is 18.2 Å². The minimum Gasteiger partial charge on any atom is -0.497 e. The third-order valence-corrected chi connectivity index (χ3v) is 7.68. The number of carbonyl (C=O) groups excluding carboxylic acids is 2. The summed E-state index contributed by atoms with van der Waals surface area (Å²) in [7, 11) is 3.20. The van der Waals surface area contributed by atoms with Crippen LogP contribution < -0.4 is 14.8 Å². The lowest BCUT2D eigenvalue weighted by Crippen LogP contribution is -2.25. The standard InChI is InChI=1S/C29H27FN4O4S/c1-17-8-10-18(11-9-17)24-15-23(20-14-19(37-2)12-13-25(20)38-3)33-34(24)29-32-28(36)26(39-29)16-27(35)31-22-7-5-4-6-21(22)30/h4-14,24,26H,15-16H2,1-3H3,(H,31,35)/t24-,26+/m0/s1. The molecule has 2 aliphatic heterocycles. The van der Waals surface area contributed by atoms with Crippen molar-refractivity contribution in [3.63, 3.8) is 0 Å². The number of aliphatic imine (C=N–C) groups is 1. The summed E-state index contributed by atoms with van der Waals surface area (Å²) in [5, 5.41) is 8.84. The number of thioether (sulfide) groups is 1. The summed E-state index contributed by atoms with van der Waals surface area (Å²) in [6.07, 6.45) is 0.396. The Morgan fingerprint density at radius 3 is 2.59 bits per heavy atom. The third kappa shape index (κ3) is 5.65. The van der Waals surface area contributed by atoms with Gasteiger partial charge in [-0.2, -0.15) is 10.1 Å². The fourth-order valence-electron chi connectivity index (χ4n) is 4.47. The van der Waals surface area contributed by atoms with Crippen molar-refractivity contribution in [2.24, 2.45) is 10.1 Å². The minimum absolute atomic E-state index is 0.0690. The molecule has 0 saturated heterocycles. The van der Waals surface area contributed by atoms with Gasteiger partial charge in [-0.15, -0.1) is 0 Å². The van der Waals surface area contributed by atoms with Crippen LogP contribution >= 0.6 is 11.8 Å². The number of nitrogens with zero attached hydrogens (tertiary/aromatic N) is 3. The fraction of sp³-hybridized carbons (Fsp3) is 0.241. The van der Waals surface area contributed by atoms with Crippen LogP contribution in [0.5, 0.6) is 11.5 Å². The van der Waals surface area contributed by atoms with E-state index in [9.17, 15) is 14.0 Å². The molecule has 10 heteroatoms. The number of aryl methyl sites for hydroxylation is 1. The molecule has 2 amide bonds.